The highest BCUT2D eigenvalue weighted by atomic mass is 32.2. The number of nitrogens with zero attached hydrogens (tertiary/aromatic N) is 5. The summed E-state index contributed by atoms with van der Waals surface area (Å²) in [6, 6.07) is 13.3. The highest BCUT2D eigenvalue weighted by Gasteiger charge is 2.41. The molecule has 1 fully saturated rings. The van der Waals surface area contributed by atoms with E-state index in [0.29, 0.717) is 25.2 Å². The molecule has 0 bridgehead atoms. The van der Waals surface area contributed by atoms with E-state index in [2.05, 4.69) is 15.5 Å². The number of aromatic nitrogens is 1. The Hall–Kier alpha value is -3.85. The minimum Gasteiger partial charge on any atom is -0.411 e. The van der Waals surface area contributed by atoms with Crippen molar-refractivity contribution in [3.05, 3.63) is 81.8 Å². The number of benzene rings is 2. The van der Waals surface area contributed by atoms with Gasteiger partial charge in [-0.1, -0.05) is 82.2 Å². The maximum absolute atomic E-state index is 14.1. The number of carbonyl (C=O) groups is 2. The van der Waals surface area contributed by atoms with Crippen LogP contribution in [0.3, 0.4) is 0 Å². The van der Waals surface area contributed by atoms with Gasteiger partial charge in [0.25, 0.3) is 0 Å². The lowest BCUT2D eigenvalue weighted by atomic mass is 9.96. The maximum Gasteiger partial charge on any atom is 0.321 e. The average molecular weight is 713 g/mol. The molecule has 0 spiro atoms. The van der Waals surface area contributed by atoms with Crippen LogP contribution in [-0.4, -0.2) is 100 Å². The molecule has 0 radical (unpaired) electrons. The van der Waals surface area contributed by atoms with Crippen LogP contribution < -0.4 is 5.32 Å². The second kappa shape index (κ2) is 16.2. The van der Waals surface area contributed by atoms with Gasteiger partial charge in [-0.15, -0.1) is 11.3 Å². The summed E-state index contributed by atoms with van der Waals surface area (Å²) in [5, 5.41) is 29.5. The average Bonchev–Trinajstić information content (AvgIpc) is 3.61. The van der Waals surface area contributed by atoms with Gasteiger partial charge in [0.2, 0.25) is 15.9 Å². The van der Waals surface area contributed by atoms with Crippen LogP contribution >= 0.6 is 11.3 Å². The third-order valence-electron chi connectivity index (χ3n) is 8.24. The molecule has 0 aliphatic carbocycles. The van der Waals surface area contributed by atoms with E-state index in [1.54, 1.807) is 9.80 Å². The molecule has 2 heterocycles. The summed E-state index contributed by atoms with van der Waals surface area (Å²) in [6.07, 6.45) is 0.137. The Kier molecular flexibility index (Phi) is 12.6. The van der Waals surface area contributed by atoms with Gasteiger partial charge in [0.1, 0.15) is 6.04 Å². The number of hydrogen-bond donors (Lipinski definition) is 3. The number of urea groups is 1. The Morgan fingerprint density at radius 1 is 1.12 bits per heavy atom. The van der Waals surface area contributed by atoms with Crippen LogP contribution in [0.1, 0.15) is 56.4 Å². The van der Waals surface area contributed by atoms with Crippen molar-refractivity contribution < 1.29 is 28.3 Å². The number of oxime groups is 1. The number of aliphatic hydroxyl groups excluding tert-OH is 1. The van der Waals surface area contributed by atoms with Gasteiger partial charge in [-0.2, -0.15) is 4.31 Å². The number of carbonyl (C=O) groups excluding carboxylic acids is 2. The van der Waals surface area contributed by atoms with Crippen LogP contribution in [0, 0.1) is 18.3 Å². The molecule has 12 nitrogen and oxygen atoms in total. The normalized spacial score (nSPS) is 16.1. The largest absolute Gasteiger partial charge is 0.411 e. The third-order valence-corrected chi connectivity index (χ3v) is 10.9. The first-order valence-corrected chi connectivity index (χ1v) is 18.7. The van der Waals surface area contributed by atoms with E-state index < -0.39 is 39.5 Å². The van der Waals surface area contributed by atoms with E-state index in [4.69, 9.17) is 5.21 Å². The lowest BCUT2D eigenvalue weighted by Crippen LogP contribution is -2.57. The summed E-state index contributed by atoms with van der Waals surface area (Å²) in [4.78, 5) is 35.4. The molecular weight excluding hydrogens is 665 g/mol. The standard InChI is InChI=1S/C35H48N6O6S2/c1-24(2)32(41-17-16-39(34(41)44)20-28-22-48-25(3)37-28)33(43)38-30(18-26-10-8-7-9-11-26)31(42)21-40(23-35(4,5)6)49(46,47)29-14-12-27(13-15-29)19-36-45/h7-15,19,22,24,30-32,42,45H,16-18,20-21,23H2,1-6H3,(H,38,43)/b36-19+/t30-,31+,32-/m0/s1. The molecule has 3 atom stereocenters. The molecule has 14 heteroatoms. The van der Waals surface area contributed by atoms with Gasteiger partial charge in [-0.05, 0) is 47.9 Å². The Morgan fingerprint density at radius 2 is 1.80 bits per heavy atom. The highest BCUT2D eigenvalue weighted by molar-refractivity contribution is 7.89. The van der Waals surface area contributed by atoms with E-state index >= 15 is 0 Å². The fraction of sp³-hybridized carbons (Fsp3) is 0.486. The van der Waals surface area contributed by atoms with E-state index in [-0.39, 0.29) is 36.4 Å². The van der Waals surface area contributed by atoms with Gasteiger partial charge < -0.3 is 25.4 Å². The minimum absolute atomic E-state index is 0.0208. The first-order chi connectivity index (χ1) is 23.1. The molecule has 49 heavy (non-hydrogen) atoms. The maximum atomic E-state index is 14.1. The molecule has 1 saturated heterocycles. The Bertz CT molecular complexity index is 1690. The van der Waals surface area contributed by atoms with Crippen molar-refractivity contribution in [1.82, 2.24) is 24.4 Å². The van der Waals surface area contributed by atoms with Crippen LogP contribution in [0.15, 0.2) is 70.0 Å². The second-order valence-corrected chi connectivity index (χ2v) is 17.0. The summed E-state index contributed by atoms with van der Waals surface area (Å²) in [6.45, 7) is 12.4. The van der Waals surface area contributed by atoms with E-state index in [9.17, 15) is 23.1 Å². The molecule has 1 aromatic heterocycles. The molecule has 0 unspecified atom stereocenters. The highest BCUT2D eigenvalue weighted by Crippen LogP contribution is 2.25. The summed E-state index contributed by atoms with van der Waals surface area (Å²) >= 11 is 1.52. The van der Waals surface area contributed by atoms with Crippen LogP contribution in [0.2, 0.25) is 0 Å². The zero-order chi connectivity index (χ0) is 35.9. The zero-order valence-electron chi connectivity index (χ0n) is 29.0. The minimum atomic E-state index is -4.09. The predicted octanol–water partition coefficient (Wildman–Crippen LogP) is 4.35. The number of amides is 3. The SMILES string of the molecule is Cc1nc(CN2CCN([C@H](C(=O)N[C@@H](Cc3ccccc3)[C@H](O)CN(CC(C)(C)C)S(=O)(=O)c3ccc(/C=N/O)cc3)C(C)C)C2=O)cs1. The van der Waals surface area contributed by atoms with Crippen molar-refractivity contribution >= 4 is 39.5 Å². The van der Waals surface area contributed by atoms with Gasteiger partial charge in [0.15, 0.2) is 0 Å². The van der Waals surface area contributed by atoms with Gasteiger partial charge in [0.05, 0.1) is 40.5 Å². The fourth-order valence-corrected chi connectivity index (χ4v) is 8.25. The number of sulfonamides is 1. The summed E-state index contributed by atoms with van der Waals surface area (Å²) in [5.41, 5.74) is 1.71. The van der Waals surface area contributed by atoms with Crippen molar-refractivity contribution in [2.75, 3.05) is 26.2 Å². The topological polar surface area (TPSA) is 156 Å². The van der Waals surface area contributed by atoms with Gasteiger partial charge >= 0.3 is 6.03 Å². The molecule has 1 aliphatic heterocycles. The molecule has 266 valence electrons. The quantitative estimate of drug-likeness (QED) is 0.120. The van der Waals surface area contributed by atoms with Crippen LogP contribution in [0.5, 0.6) is 0 Å². The molecule has 1 aliphatic rings. The number of aliphatic hydroxyl groups is 1. The molecule has 4 rings (SSSR count). The monoisotopic (exact) mass is 712 g/mol. The zero-order valence-corrected chi connectivity index (χ0v) is 30.6. The third kappa shape index (κ3) is 10.1. The molecule has 3 N–H and O–H groups in total. The van der Waals surface area contributed by atoms with Crippen molar-refractivity contribution in [1.29, 1.82) is 0 Å². The van der Waals surface area contributed by atoms with E-state index in [1.807, 2.05) is 77.3 Å². The molecule has 3 amide bonds. The van der Waals surface area contributed by atoms with E-state index in [0.717, 1.165) is 16.3 Å². The van der Waals surface area contributed by atoms with Gasteiger partial charge in [0, 0.05) is 31.6 Å². The summed E-state index contributed by atoms with van der Waals surface area (Å²) < 4.78 is 29.2. The fourth-order valence-electron chi connectivity index (χ4n) is 5.96. The summed E-state index contributed by atoms with van der Waals surface area (Å²) in [5.74, 6) is -0.655. The molecule has 0 saturated carbocycles. The molecule has 3 aromatic rings. The number of hydrogen-bond acceptors (Lipinski definition) is 9. The number of thiazole rings is 1. The van der Waals surface area contributed by atoms with Crippen LogP contribution in [0.25, 0.3) is 0 Å². The predicted molar refractivity (Wildman–Crippen MR) is 190 cm³/mol. The van der Waals surface area contributed by atoms with Crippen LogP contribution in [-0.2, 0) is 27.8 Å². The lowest BCUT2D eigenvalue weighted by Gasteiger charge is -2.35. The number of rotatable bonds is 15. The van der Waals surface area contributed by atoms with Crippen molar-refractivity contribution in [3.8, 4) is 0 Å². The van der Waals surface area contributed by atoms with Crippen molar-refractivity contribution in [3.63, 3.8) is 0 Å². The smallest absolute Gasteiger partial charge is 0.321 e. The molecular formula is C35H48N6O6S2. The van der Waals surface area contributed by atoms with Crippen LogP contribution in [0.4, 0.5) is 4.79 Å². The Labute approximate surface area is 293 Å². The number of aryl methyl sites for hydroxylation is 1. The lowest BCUT2D eigenvalue weighted by molar-refractivity contribution is -0.128. The van der Waals surface area contributed by atoms with Gasteiger partial charge in [-0.25, -0.2) is 18.2 Å². The van der Waals surface area contributed by atoms with E-state index in [1.165, 1.54) is 46.1 Å². The Balaban J connectivity index is 1.59. The first-order valence-electron chi connectivity index (χ1n) is 16.4. The van der Waals surface area contributed by atoms with Gasteiger partial charge in [-0.3, -0.25) is 4.79 Å². The first kappa shape index (κ1) is 38.0. The Morgan fingerprint density at radius 3 is 2.37 bits per heavy atom. The molecule has 2 aromatic carbocycles. The summed E-state index contributed by atoms with van der Waals surface area (Å²) in [7, 11) is -4.09. The van der Waals surface area contributed by atoms with Crippen molar-refractivity contribution in [2.45, 2.75) is 77.6 Å². The second-order valence-electron chi connectivity index (χ2n) is 14.0. The number of nitrogens with one attached hydrogen (secondary N) is 1. The van der Waals surface area contributed by atoms with Crippen molar-refractivity contribution in [2.24, 2.45) is 16.5 Å².